The second-order valence-corrected chi connectivity index (χ2v) is 7.53. The fourth-order valence-electron chi connectivity index (χ4n) is 3.01. The van der Waals surface area contributed by atoms with Crippen molar-refractivity contribution in [2.24, 2.45) is 5.10 Å². The van der Waals surface area contributed by atoms with Crippen molar-refractivity contribution in [3.05, 3.63) is 95.8 Å². The van der Waals surface area contributed by atoms with Gasteiger partial charge in [0.2, 0.25) is 0 Å². The van der Waals surface area contributed by atoms with Gasteiger partial charge < -0.3 is 4.57 Å². The van der Waals surface area contributed by atoms with Crippen LogP contribution in [-0.4, -0.2) is 27.4 Å². The van der Waals surface area contributed by atoms with Gasteiger partial charge in [0.1, 0.15) is 5.82 Å². The molecule has 0 radical (unpaired) electrons. The van der Waals surface area contributed by atoms with Crippen molar-refractivity contribution in [2.45, 2.75) is 11.7 Å². The first-order chi connectivity index (χ1) is 14.7. The van der Waals surface area contributed by atoms with Crippen LogP contribution in [0.1, 0.15) is 11.1 Å². The first-order valence-electron chi connectivity index (χ1n) is 9.38. The van der Waals surface area contributed by atoms with Crippen molar-refractivity contribution in [2.75, 3.05) is 5.75 Å². The first-order valence-corrected chi connectivity index (χ1v) is 10.4. The largest absolute Gasteiger partial charge is 0.314 e. The number of imidazole rings is 1. The van der Waals surface area contributed by atoms with Crippen molar-refractivity contribution in [1.82, 2.24) is 15.0 Å². The van der Waals surface area contributed by atoms with Crippen LogP contribution < -0.4 is 5.43 Å². The topological polar surface area (TPSA) is 59.3 Å². The van der Waals surface area contributed by atoms with Gasteiger partial charge in [0.15, 0.2) is 5.16 Å². The van der Waals surface area contributed by atoms with E-state index in [0.29, 0.717) is 12.1 Å². The van der Waals surface area contributed by atoms with Crippen LogP contribution in [0.25, 0.3) is 11.0 Å². The Hall–Kier alpha value is -3.45. The van der Waals surface area contributed by atoms with Crippen LogP contribution in [0.5, 0.6) is 0 Å². The summed E-state index contributed by atoms with van der Waals surface area (Å²) in [6.45, 7) is 0.670. The number of amides is 1. The molecule has 5 nitrogen and oxygen atoms in total. The Morgan fingerprint density at radius 2 is 1.87 bits per heavy atom. The Morgan fingerprint density at radius 3 is 2.70 bits per heavy atom. The summed E-state index contributed by atoms with van der Waals surface area (Å²) in [7, 11) is 0. The van der Waals surface area contributed by atoms with Crippen LogP contribution in [0.2, 0.25) is 0 Å². The van der Waals surface area contributed by atoms with E-state index in [1.165, 1.54) is 30.1 Å². The number of aromatic nitrogens is 2. The van der Waals surface area contributed by atoms with Gasteiger partial charge in [-0.3, -0.25) is 4.79 Å². The summed E-state index contributed by atoms with van der Waals surface area (Å²) in [5, 5.41) is 4.66. The third-order valence-electron chi connectivity index (χ3n) is 4.39. The molecule has 0 atom stereocenters. The summed E-state index contributed by atoms with van der Waals surface area (Å²) in [5.41, 5.74) is 6.12. The average Bonchev–Trinajstić information content (AvgIpc) is 3.10. The summed E-state index contributed by atoms with van der Waals surface area (Å²) in [4.78, 5) is 16.9. The molecule has 1 amide bonds. The van der Waals surface area contributed by atoms with Crippen molar-refractivity contribution < 1.29 is 9.18 Å². The quantitative estimate of drug-likeness (QED) is 0.274. The Bertz CT molecular complexity index is 1190. The minimum Gasteiger partial charge on any atom is -0.314 e. The Balaban J connectivity index is 1.44. The van der Waals surface area contributed by atoms with E-state index in [4.69, 9.17) is 0 Å². The molecule has 0 spiro atoms. The van der Waals surface area contributed by atoms with Crippen LogP contribution in [0.15, 0.2) is 89.1 Å². The molecule has 0 unspecified atom stereocenters. The van der Waals surface area contributed by atoms with Gasteiger partial charge in [0.05, 0.1) is 29.5 Å². The molecular weight excluding hydrogens is 399 g/mol. The lowest BCUT2D eigenvalue weighted by atomic mass is 10.2. The summed E-state index contributed by atoms with van der Waals surface area (Å²) < 4.78 is 15.3. The molecule has 0 saturated heterocycles. The standard InChI is InChI=1S/C23H19FN4OS/c24-19-10-6-9-18(13-19)14-25-27-22(29)16-30-23-26-20-11-4-5-12-21(20)28(23)15-17-7-2-1-3-8-17/h1-14H,15-16H2,(H,27,29)/b25-14+. The molecule has 0 aliphatic carbocycles. The van der Waals surface area contributed by atoms with Crippen LogP contribution >= 0.6 is 11.8 Å². The lowest BCUT2D eigenvalue weighted by Gasteiger charge is -2.09. The number of hydrogen-bond donors (Lipinski definition) is 1. The number of nitrogens with zero attached hydrogens (tertiary/aromatic N) is 3. The summed E-state index contributed by atoms with van der Waals surface area (Å²) >= 11 is 1.35. The van der Waals surface area contributed by atoms with E-state index in [0.717, 1.165) is 21.8 Å². The number of carbonyl (C=O) groups excluding carboxylic acids is 1. The van der Waals surface area contributed by atoms with Gasteiger partial charge in [-0.25, -0.2) is 14.8 Å². The van der Waals surface area contributed by atoms with E-state index in [9.17, 15) is 9.18 Å². The third-order valence-corrected chi connectivity index (χ3v) is 5.36. The molecule has 150 valence electrons. The highest BCUT2D eigenvalue weighted by Gasteiger charge is 2.13. The smallest absolute Gasteiger partial charge is 0.250 e. The molecule has 0 aliphatic rings. The monoisotopic (exact) mass is 418 g/mol. The zero-order valence-electron chi connectivity index (χ0n) is 16.0. The van der Waals surface area contributed by atoms with Gasteiger partial charge in [-0.15, -0.1) is 0 Å². The highest BCUT2D eigenvalue weighted by Crippen LogP contribution is 2.25. The fraction of sp³-hybridized carbons (Fsp3) is 0.0870. The molecule has 3 aromatic carbocycles. The van der Waals surface area contributed by atoms with Crippen molar-refractivity contribution in [3.63, 3.8) is 0 Å². The zero-order chi connectivity index (χ0) is 20.8. The summed E-state index contributed by atoms with van der Waals surface area (Å²) in [5.74, 6) is -0.442. The second-order valence-electron chi connectivity index (χ2n) is 6.59. The molecule has 1 N–H and O–H groups in total. The number of fused-ring (bicyclic) bond motifs is 1. The lowest BCUT2D eigenvalue weighted by molar-refractivity contribution is -0.118. The average molecular weight is 418 g/mol. The fourth-order valence-corrected chi connectivity index (χ4v) is 3.82. The van der Waals surface area contributed by atoms with Gasteiger partial charge in [0.25, 0.3) is 5.91 Å². The number of thioether (sulfide) groups is 1. The summed E-state index contributed by atoms with van der Waals surface area (Å²) in [6, 6.07) is 24.0. The normalized spacial score (nSPS) is 11.2. The van der Waals surface area contributed by atoms with Crippen LogP contribution in [0.4, 0.5) is 4.39 Å². The van der Waals surface area contributed by atoms with E-state index < -0.39 is 0 Å². The predicted molar refractivity (Wildman–Crippen MR) is 118 cm³/mol. The number of halogens is 1. The SMILES string of the molecule is O=C(CSc1nc2ccccc2n1Cc1ccccc1)N/N=C/c1cccc(F)c1. The van der Waals surface area contributed by atoms with Gasteiger partial charge >= 0.3 is 0 Å². The van der Waals surface area contributed by atoms with Gasteiger partial charge in [-0.1, -0.05) is 66.4 Å². The zero-order valence-corrected chi connectivity index (χ0v) is 16.8. The molecule has 0 saturated carbocycles. The molecule has 4 rings (SSSR count). The molecule has 0 fully saturated rings. The van der Waals surface area contributed by atoms with Crippen LogP contribution in [0, 0.1) is 5.82 Å². The maximum absolute atomic E-state index is 13.2. The van der Waals surface area contributed by atoms with Gasteiger partial charge in [-0.2, -0.15) is 5.10 Å². The van der Waals surface area contributed by atoms with Crippen molar-refractivity contribution >= 4 is 34.9 Å². The minimum absolute atomic E-state index is 0.165. The molecule has 30 heavy (non-hydrogen) atoms. The Morgan fingerprint density at radius 1 is 1.07 bits per heavy atom. The first kappa shape index (κ1) is 19.8. The number of para-hydroxylation sites is 2. The van der Waals surface area contributed by atoms with E-state index in [2.05, 4.69) is 32.2 Å². The number of hydrogen-bond acceptors (Lipinski definition) is 4. The van der Waals surface area contributed by atoms with Crippen LogP contribution in [0.3, 0.4) is 0 Å². The lowest BCUT2D eigenvalue weighted by Crippen LogP contribution is -2.20. The maximum atomic E-state index is 13.2. The maximum Gasteiger partial charge on any atom is 0.250 e. The van der Waals surface area contributed by atoms with Crippen molar-refractivity contribution in [3.8, 4) is 0 Å². The predicted octanol–water partition coefficient (Wildman–Crippen LogP) is 4.47. The molecule has 0 aliphatic heterocycles. The highest BCUT2D eigenvalue weighted by molar-refractivity contribution is 7.99. The third kappa shape index (κ3) is 4.93. The van der Waals surface area contributed by atoms with Gasteiger partial charge in [-0.05, 0) is 35.4 Å². The van der Waals surface area contributed by atoms with E-state index in [1.54, 1.807) is 12.1 Å². The number of benzene rings is 3. The van der Waals surface area contributed by atoms with E-state index in [1.807, 2.05) is 42.5 Å². The number of rotatable bonds is 7. The molecule has 1 heterocycles. The Kier molecular flexibility index (Phi) is 6.20. The number of nitrogens with one attached hydrogen (secondary N) is 1. The molecule has 1 aromatic heterocycles. The molecular formula is C23H19FN4OS. The number of hydrazone groups is 1. The van der Waals surface area contributed by atoms with E-state index >= 15 is 0 Å². The second kappa shape index (κ2) is 9.37. The Labute approximate surface area is 177 Å². The number of carbonyl (C=O) groups is 1. The molecule has 4 aromatic rings. The van der Waals surface area contributed by atoms with Crippen molar-refractivity contribution in [1.29, 1.82) is 0 Å². The minimum atomic E-state index is -0.349. The van der Waals surface area contributed by atoms with E-state index in [-0.39, 0.29) is 17.5 Å². The van der Waals surface area contributed by atoms with Crippen LogP contribution in [-0.2, 0) is 11.3 Å². The van der Waals surface area contributed by atoms with Gasteiger partial charge in [0, 0.05) is 0 Å². The summed E-state index contributed by atoms with van der Waals surface area (Å²) in [6.07, 6.45) is 1.41. The molecule has 7 heteroatoms. The molecule has 0 bridgehead atoms. The highest BCUT2D eigenvalue weighted by atomic mass is 32.2.